The van der Waals surface area contributed by atoms with Crippen molar-refractivity contribution in [1.29, 1.82) is 0 Å². The first-order valence-corrected chi connectivity index (χ1v) is 9.01. The van der Waals surface area contributed by atoms with E-state index in [0.29, 0.717) is 6.42 Å². The van der Waals surface area contributed by atoms with E-state index in [1.807, 2.05) is 0 Å². The molecule has 0 radical (unpaired) electrons. The van der Waals surface area contributed by atoms with Crippen molar-refractivity contribution in [2.45, 2.75) is 32.4 Å². The van der Waals surface area contributed by atoms with Crippen LogP contribution in [0.25, 0.3) is 0 Å². The van der Waals surface area contributed by atoms with Gasteiger partial charge in [-0.05, 0) is 6.42 Å². The first-order chi connectivity index (χ1) is 7.44. The zero-order valence-electron chi connectivity index (χ0n) is 10.2. The minimum absolute atomic E-state index is 0.331. The fourth-order valence-electron chi connectivity index (χ4n) is 1.64. The Morgan fingerprint density at radius 2 is 1.76 bits per heavy atom. The van der Waals surface area contributed by atoms with Crippen LogP contribution >= 0.6 is 0 Å². The standard InChI is InChI=1S/C9H19NO5S2/c1-9(2)7(6-8(9)11)10-17(14,15)5-4-16(3,12)13/h7-8,10-11H,4-6H2,1-3H3. The normalized spacial score (nSPS) is 28.7. The Morgan fingerprint density at radius 3 is 2.12 bits per heavy atom. The summed E-state index contributed by atoms with van der Waals surface area (Å²) < 4.78 is 47.5. The maximum Gasteiger partial charge on any atom is 0.212 e. The molecule has 0 aromatic heterocycles. The molecule has 2 atom stereocenters. The van der Waals surface area contributed by atoms with Crippen LogP contribution in [0.1, 0.15) is 20.3 Å². The molecule has 1 saturated carbocycles. The summed E-state index contributed by atoms with van der Waals surface area (Å²) in [5.74, 6) is -0.827. The van der Waals surface area contributed by atoms with Crippen LogP contribution in [-0.2, 0) is 19.9 Å². The summed E-state index contributed by atoms with van der Waals surface area (Å²) in [6.07, 6.45) is 0.843. The summed E-state index contributed by atoms with van der Waals surface area (Å²) in [5.41, 5.74) is -0.502. The molecule has 0 aromatic carbocycles. The molecule has 1 aliphatic rings. The van der Waals surface area contributed by atoms with E-state index >= 15 is 0 Å². The summed E-state index contributed by atoms with van der Waals surface area (Å²) in [6.45, 7) is 3.54. The average Bonchev–Trinajstić information content (AvgIpc) is 2.13. The van der Waals surface area contributed by atoms with E-state index in [1.54, 1.807) is 13.8 Å². The van der Waals surface area contributed by atoms with E-state index in [-0.39, 0.29) is 6.04 Å². The van der Waals surface area contributed by atoms with Gasteiger partial charge in [-0.1, -0.05) is 13.8 Å². The monoisotopic (exact) mass is 285 g/mol. The van der Waals surface area contributed by atoms with Crippen LogP contribution in [-0.4, -0.2) is 51.8 Å². The molecule has 17 heavy (non-hydrogen) atoms. The van der Waals surface area contributed by atoms with Crippen LogP contribution in [0.5, 0.6) is 0 Å². The Labute approximate surface area is 102 Å². The molecule has 1 rings (SSSR count). The molecule has 0 heterocycles. The van der Waals surface area contributed by atoms with Crippen molar-refractivity contribution >= 4 is 19.9 Å². The second-order valence-corrected chi connectivity index (χ2v) is 9.33. The highest BCUT2D eigenvalue weighted by atomic mass is 32.2. The summed E-state index contributed by atoms with van der Waals surface area (Å²) in [6, 6.07) is -0.331. The number of hydrogen-bond acceptors (Lipinski definition) is 5. The minimum Gasteiger partial charge on any atom is -0.392 e. The third-order valence-corrected chi connectivity index (χ3v) is 5.85. The number of nitrogens with one attached hydrogen (secondary N) is 1. The summed E-state index contributed by atoms with van der Waals surface area (Å²) in [5, 5.41) is 9.47. The van der Waals surface area contributed by atoms with Crippen LogP contribution in [0, 0.1) is 5.41 Å². The van der Waals surface area contributed by atoms with Gasteiger partial charge >= 0.3 is 0 Å². The first-order valence-electron chi connectivity index (χ1n) is 5.30. The van der Waals surface area contributed by atoms with Crippen molar-refractivity contribution in [3.8, 4) is 0 Å². The lowest BCUT2D eigenvalue weighted by Crippen LogP contribution is -2.61. The van der Waals surface area contributed by atoms with E-state index < -0.39 is 42.9 Å². The molecule has 2 N–H and O–H groups in total. The zero-order valence-corrected chi connectivity index (χ0v) is 11.8. The predicted molar refractivity (Wildman–Crippen MR) is 64.8 cm³/mol. The lowest BCUT2D eigenvalue weighted by molar-refractivity contribution is -0.0645. The number of aliphatic hydroxyl groups is 1. The average molecular weight is 285 g/mol. The van der Waals surface area contributed by atoms with Gasteiger partial charge < -0.3 is 5.11 Å². The van der Waals surface area contributed by atoms with E-state index in [2.05, 4.69) is 4.72 Å². The highest BCUT2D eigenvalue weighted by Gasteiger charge is 2.48. The van der Waals surface area contributed by atoms with Gasteiger partial charge in [0.2, 0.25) is 10.0 Å². The molecule has 0 aliphatic heterocycles. The van der Waals surface area contributed by atoms with Gasteiger partial charge in [-0.25, -0.2) is 21.6 Å². The molecule has 0 aromatic rings. The highest BCUT2D eigenvalue weighted by molar-refractivity contribution is 7.93. The molecule has 102 valence electrons. The molecule has 2 unspecified atom stereocenters. The number of sulfone groups is 1. The molecule has 1 aliphatic carbocycles. The van der Waals surface area contributed by atoms with Gasteiger partial charge in [-0.15, -0.1) is 0 Å². The van der Waals surface area contributed by atoms with Gasteiger partial charge in [-0.2, -0.15) is 0 Å². The van der Waals surface area contributed by atoms with Gasteiger partial charge in [0.25, 0.3) is 0 Å². The molecule has 8 heteroatoms. The Balaban J connectivity index is 2.58. The Hall–Kier alpha value is -0.180. The van der Waals surface area contributed by atoms with Crippen molar-refractivity contribution in [2.75, 3.05) is 17.8 Å². The quantitative estimate of drug-likeness (QED) is 0.682. The molecular weight excluding hydrogens is 266 g/mol. The van der Waals surface area contributed by atoms with E-state index in [9.17, 15) is 21.9 Å². The maximum absolute atomic E-state index is 11.6. The molecule has 0 bridgehead atoms. The van der Waals surface area contributed by atoms with Crippen LogP contribution < -0.4 is 4.72 Å². The summed E-state index contributed by atoms with van der Waals surface area (Å²) in [4.78, 5) is 0. The summed E-state index contributed by atoms with van der Waals surface area (Å²) >= 11 is 0. The van der Waals surface area contributed by atoms with Crippen molar-refractivity contribution < 1.29 is 21.9 Å². The third kappa shape index (κ3) is 3.90. The van der Waals surface area contributed by atoms with Crippen LogP contribution in [0.15, 0.2) is 0 Å². The highest BCUT2D eigenvalue weighted by Crippen LogP contribution is 2.40. The van der Waals surface area contributed by atoms with Crippen molar-refractivity contribution in [3.05, 3.63) is 0 Å². The first kappa shape index (κ1) is 14.9. The van der Waals surface area contributed by atoms with Crippen LogP contribution in [0.3, 0.4) is 0 Å². The predicted octanol–water partition coefficient (Wildman–Crippen LogP) is -0.890. The Kier molecular flexibility index (Phi) is 3.93. The fourth-order valence-corrected chi connectivity index (χ4v) is 4.68. The SMILES string of the molecule is CC1(C)C(O)CC1NS(=O)(=O)CCS(C)(=O)=O. The third-order valence-electron chi connectivity index (χ3n) is 3.26. The van der Waals surface area contributed by atoms with E-state index in [4.69, 9.17) is 0 Å². The zero-order chi connectivity index (χ0) is 13.5. The Morgan fingerprint density at radius 1 is 1.24 bits per heavy atom. The number of rotatable bonds is 5. The van der Waals surface area contributed by atoms with Gasteiger partial charge in [-0.3, -0.25) is 0 Å². The lowest BCUT2D eigenvalue weighted by atomic mass is 9.65. The fraction of sp³-hybridized carbons (Fsp3) is 1.00. The number of hydrogen-bond donors (Lipinski definition) is 2. The maximum atomic E-state index is 11.6. The molecule has 1 fully saturated rings. The van der Waals surface area contributed by atoms with Gasteiger partial charge in [0.1, 0.15) is 9.84 Å². The second-order valence-electron chi connectivity index (χ2n) is 5.19. The van der Waals surface area contributed by atoms with Gasteiger partial charge in [0.15, 0.2) is 0 Å². The molecular formula is C9H19NO5S2. The van der Waals surface area contributed by atoms with E-state index in [1.165, 1.54) is 0 Å². The Bertz CT molecular complexity index is 480. The van der Waals surface area contributed by atoms with Crippen molar-refractivity contribution in [2.24, 2.45) is 5.41 Å². The van der Waals surface area contributed by atoms with Crippen molar-refractivity contribution in [3.63, 3.8) is 0 Å². The van der Waals surface area contributed by atoms with E-state index in [0.717, 1.165) is 6.26 Å². The van der Waals surface area contributed by atoms with Crippen LogP contribution in [0.2, 0.25) is 0 Å². The number of sulfonamides is 1. The van der Waals surface area contributed by atoms with Gasteiger partial charge in [0, 0.05) is 17.7 Å². The molecule has 0 amide bonds. The lowest BCUT2D eigenvalue weighted by Gasteiger charge is -2.49. The molecule has 6 nitrogen and oxygen atoms in total. The topological polar surface area (TPSA) is 101 Å². The van der Waals surface area contributed by atoms with Crippen LogP contribution in [0.4, 0.5) is 0 Å². The molecule has 0 spiro atoms. The minimum atomic E-state index is -3.61. The summed E-state index contributed by atoms with van der Waals surface area (Å²) in [7, 11) is -6.90. The number of aliphatic hydroxyl groups excluding tert-OH is 1. The van der Waals surface area contributed by atoms with Gasteiger partial charge in [0.05, 0.1) is 17.6 Å². The second kappa shape index (κ2) is 4.49. The molecule has 0 saturated heterocycles. The van der Waals surface area contributed by atoms with Crippen molar-refractivity contribution in [1.82, 2.24) is 4.72 Å². The largest absolute Gasteiger partial charge is 0.392 e. The smallest absolute Gasteiger partial charge is 0.212 e.